The summed E-state index contributed by atoms with van der Waals surface area (Å²) in [5, 5.41) is 5.58. The second-order valence-corrected chi connectivity index (χ2v) is 5.74. The van der Waals surface area contributed by atoms with Crippen LogP contribution in [0.2, 0.25) is 5.02 Å². The maximum Gasteiger partial charge on any atom is 0.416 e. The molecule has 4 nitrogen and oxygen atoms in total. The molecule has 1 aliphatic rings. The van der Waals surface area contributed by atoms with Gasteiger partial charge in [-0.1, -0.05) is 29.8 Å². The number of amides is 1. The van der Waals surface area contributed by atoms with E-state index < -0.39 is 18.0 Å². The van der Waals surface area contributed by atoms with Gasteiger partial charge in [-0.15, -0.1) is 5.10 Å². The molecule has 1 amide bonds. The molecule has 0 aromatic heterocycles. The molecular formula is C17H12ClF3N2O2. The number of carbonyl (C=O) groups is 1. The van der Waals surface area contributed by atoms with Crippen LogP contribution in [-0.2, 0) is 15.7 Å². The lowest BCUT2D eigenvalue weighted by molar-refractivity contribution is -0.137. The zero-order valence-corrected chi connectivity index (χ0v) is 13.7. The van der Waals surface area contributed by atoms with Crippen molar-refractivity contribution < 1.29 is 22.7 Å². The average Bonchev–Trinajstić information content (AvgIpc) is 3.00. The lowest BCUT2D eigenvalue weighted by atomic mass is 10.1. The summed E-state index contributed by atoms with van der Waals surface area (Å²) in [5.41, 5.74) is 0.0831. The number of hydrogen-bond donors (Lipinski definition) is 0. The van der Waals surface area contributed by atoms with Gasteiger partial charge in [0.25, 0.3) is 0 Å². The monoisotopic (exact) mass is 368 g/mol. The van der Waals surface area contributed by atoms with Crippen molar-refractivity contribution in [2.24, 2.45) is 5.10 Å². The molecular weight excluding hydrogens is 357 g/mol. The van der Waals surface area contributed by atoms with Crippen molar-refractivity contribution in [3.05, 3.63) is 70.2 Å². The summed E-state index contributed by atoms with van der Waals surface area (Å²) >= 11 is 6.15. The number of carbonyl (C=O) groups excluding carboxylic acids is 1. The van der Waals surface area contributed by atoms with Crippen LogP contribution in [0.25, 0.3) is 0 Å². The van der Waals surface area contributed by atoms with Crippen LogP contribution in [0.5, 0.6) is 0 Å². The fourth-order valence-electron chi connectivity index (χ4n) is 2.36. The molecule has 1 aliphatic heterocycles. The third kappa shape index (κ3) is 3.46. The second kappa shape index (κ2) is 6.40. The first-order chi connectivity index (χ1) is 11.8. The number of ether oxygens (including phenoxy) is 1. The standard InChI is InChI=1S/C17H12ClF3N2O2/c1-10(24)23-16(13-4-2-3-5-14(13)18)25-15(22-23)11-6-8-12(9-7-11)17(19,20)21/h2-9,16H,1H3. The van der Waals surface area contributed by atoms with Crippen LogP contribution in [0.4, 0.5) is 13.2 Å². The van der Waals surface area contributed by atoms with Crippen molar-refractivity contribution in [2.45, 2.75) is 19.3 Å². The Morgan fingerprint density at radius 2 is 1.80 bits per heavy atom. The number of nitrogens with zero attached hydrogens (tertiary/aromatic N) is 2. The summed E-state index contributed by atoms with van der Waals surface area (Å²) in [4.78, 5) is 11.9. The van der Waals surface area contributed by atoms with E-state index in [1.807, 2.05) is 0 Å². The lowest BCUT2D eigenvalue weighted by Gasteiger charge is -2.20. The summed E-state index contributed by atoms with van der Waals surface area (Å²) < 4.78 is 43.7. The molecule has 1 atom stereocenters. The molecule has 130 valence electrons. The van der Waals surface area contributed by atoms with Crippen LogP contribution >= 0.6 is 11.6 Å². The summed E-state index contributed by atoms with van der Waals surface area (Å²) in [6.45, 7) is 1.31. The Balaban J connectivity index is 1.92. The predicted octanol–water partition coefficient (Wildman–Crippen LogP) is 4.60. The van der Waals surface area contributed by atoms with Gasteiger partial charge in [0.2, 0.25) is 18.0 Å². The van der Waals surface area contributed by atoms with Gasteiger partial charge in [-0.25, -0.2) is 0 Å². The van der Waals surface area contributed by atoms with E-state index in [1.54, 1.807) is 24.3 Å². The first-order valence-electron chi connectivity index (χ1n) is 7.24. The number of alkyl halides is 3. The maximum absolute atomic E-state index is 12.7. The lowest BCUT2D eigenvalue weighted by Crippen LogP contribution is -2.25. The Morgan fingerprint density at radius 1 is 1.16 bits per heavy atom. The van der Waals surface area contributed by atoms with Crippen LogP contribution in [0.1, 0.15) is 29.8 Å². The van der Waals surface area contributed by atoms with E-state index in [-0.39, 0.29) is 11.8 Å². The summed E-state index contributed by atoms with van der Waals surface area (Å²) in [6.07, 6.45) is -5.30. The van der Waals surface area contributed by atoms with Crippen LogP contribution < -0.4 is 0 Å². The van der Waals surface area contributed by atoms with Gasteiger partial charge in [0.15, 0.2) is 0 Å². The number of hydrogen-bond acceptors (Lipinski definition) is 3. The van der Waals surface area contributed by atoms with Gasteiger partial charge >= 0.3 is 6.18 Å². The van der Waals surface area contributed by atoms with Crippen molar-refractivity contribution in [1.82, 2.24) is 5.01 Å². The summed E-state index contributed by atoms with van der Waals surface area (Å²) in [7, 11) is 0. The van der Waals surface area contributed by atoms with Gasteiger partial charge < -0.3 is 4.74 Å². The van der Waals surface area contributed by atoms with Gasteiger partial charge in [-0.3, -0.25) is 4.79 Å². The zero-order chi connectivity index (χ0) is 18.2. The molecule has 1 heterocycles. The molecule has 2 aromatic rings. The van der Waals surface area contributed by atoms with Crippen LogP contribution in [-0.4, -0.2) is 16.8 Å². The first kappa shape index (κ1) is 17.3. The fraction of sp³-hybridized carbons (Fsp3) is 0.176. The summed E-state index contributed by atoms with van der Waals surface area (Å²) in [6, 6.07) is 11.2. The molecule has 0 N–H and O–H groups in total. The third-order valence-electron chi connectivity index (χ3n) is 3.60. The SMILES string of the molecule is CC(=O)N1N=C(c2ccc(C(F)(F)F)cc2)OC1c1ccccc1Cl. The van der Waals surface area contributed by atoms with Gasteiger partial charge in [-0.2, -0.15) is 18.2 Å². The molecule has 0 saturated heterocycles. The zero-order valence-electron chi connectivity index (χ0n) is 12.9. The van der Waals surface area contributed by atoms with Crippen LogP contribution in [0, 0.1) is 0 Å². The van der Waals surface area contributed by atoms with E-state index in [4.69, 9.17) is 16.3 Å². The van der Waals surface area contributed by atoms with E-state index in [2.05, 4.69) is 5.10 Å². The maximum atomic E-state index is 12.7. The van der Waals surface area contributed by atoms with Crippen molar-refractivity contribution in [2.75, 3.05) is 0 Å². The second-order valence-electron chi connectivity index (χ2n) is 5.34. The summed E-state index contributed by atoms with van der Waals surface area (Å²) in [5.74, 6) is -0.333. The van der Waals surface area contributed by atoms with E-state index in [9.17, 15) is 18.0 Å². The Hall–Kier alpha value is -2.54. The highest BCUT2D eigenvalue weighted by molar-refractivity contribution is 6.31. The van der Waals surface area contributed by atoms with E-state index in [0.29, 0.717) is 16.1 Å². The fourth-order valence-corrected chi connectivity index (χ4v) is 2.59. The van der Waals surface area contributed by atoms with Gasteiger partial charge in [0.1, 0.15) is 0 Å². The molecule has 0 aliphatic carbocycles. The average molecular weight is 369 g/mol. The molecule has 1 unspecified atom stereocenters. The number of benzene rings is 2. The highest BCUT2D eigenvalue weighted by atomic mass is 35.5. The third-order valence-corrected chi connectivity index (χ3v) is 3.94. The highest BCUT2D eigenvalue weighted by Gasteiger charge is 2.35. The molecule has 2 aromatic carbocycles. The Bertz CT molecular complexity index is 835. The minimum Gasteiger partial charge on any atom is -0.446 e. The first-order valence-corrected chi connectivity index (χ1v) is 7.62. The van der Waals surface area contributed by atoms with Crippen molar-refractivity contribution in [3.63, 3.8) is 0 Å². The molecule has 0 radical (unpaired) electrons. The van der Waals surface area contributed by atoms with Crippen LogP contribution in [0.3, 0.4) is 0 Å². The van der Waals surface area contributed by atoms with Crippen LogP contribution in [0.15, 0.2) is 53.6 Å². The molecule has 3 rings (SSSR count). The molecule has 0 spiro atoms. The number of rotatable bonds is 2. The van der Waals surface area contributed by atoms with E-state index in [0.717, 1.165) is 17.1 Å². The van der Waals surface area contributed by atoms with E-state index >= 15 is 0 Å². The normalized spacial score (nSPS) is 17.2. The molecule has 0 saturated carbocycles. The van der Waals surface area contributed by atoms with Gasteiger partial charge in [0, 0.05) is 23.1 Å². The quantitative estimate of drug-likeness (QED) is 0.777. The Morgan fingerprint density at radius 3 is 2.36 bits per heavy atom. The molecule has 0 fully saturated rings. The van der Waals surface area contributed by atoms with Gasteiger partial charge in [0.05, 0.1) is 5.56 Å². The number of halogens is 4. The minimum atomic E-state index is -4.43. The van der Waals surface area contributed by atoms with Gasteiger partial charge in [-0.05, 0) is 30.3 Å². The molecule has 25 heavy (non-hydrogen) atoms. The largest absolute Gasteiger partial charge is 0.446 e. The Kier molecular flexibility index (Phi) is 4.43. The van der Waals surface area contributed by atoms with Crippen molar-refractivity contribution >= 4 is 23.4 Å². The smallest absolute Gasteiger partial charge is 0.416 e. The minimum absolute atomic E-state index is 0.0499. The molecule has 0 bridgehead atoms. The Labute approximate surface area is 146 Å². The molecule has 8 heteroatoms. The van der Waals surface area contributed by atoms with Crippen molar-refractivity contribution in [3.8, 4) is 0 Å². The number of hydrazone groups is 1. The van der Waals surface area contributed by atoms with Crippen molar-refractivity contribution in [1.29, 1.82) is 0 Å². The highest BCUT2D eigenvalue weighted by Crippen LogP contribution is 2.35. The predicted molar refractivity (Wildman–Crippen MR) is 85.8 cm³/mol. The topological polar surface area (TPSA) is 41.9 Å². The van der Waals surface area contributed by atoms with E-state index in [1.165, 1.54) is 19.1 Å².